The third-order valence-electron chi connectivity index (χ3n) is 6.13. The Morgan fingerprint density at radius 2 is 1.63 bits per heavy atom. The normalized spacial score (nSPS) is 11.3. The summed E-state index contributed by atoms with van der Waals surface area (Å²) in [6.07, 6.45) is 0.273. The van der Waals surface area contributed by atoms with E-state index in [9.17, 15) is 4.79 Å². The van der Waals surface area contributed by atoms with Gasteiger partial charge < -0.3 is 10.2 Å². The summed E-state index contributed by atoms with van der Waals surface area (Å²) in [4.78, 5) is 15.6. The average molecular weight is 531 g/mol. The first-order valence-electron chi connectivity index (χ1n) is 13.0. The Morgan fingerprint density at radius 1 is 0.974 bits per heavy atom. The molecule has 1 amide bonds. The number of amides is 1. The summed E-state index contributed by atoms with van der Waals surface area (Å²) in [5.41, 5.74) is 6.23. The molecule has 0 aliphatic carbocycles. The van der Waals surface area contributed by atoms with Crippen molar-refractivity contribution in [2.45, 2.75) is 41.0 Å². The molecule has 38 heavy (non-hydrogen) atoms. The Kier molecular flexibility index (Phi) is 8.79. The maximum absolute atomic E-state index is 13.3. The van der Waals surface area contributed by atoms with Gasteiger partial charge in [-0.2, -0.15) is 5.21 Å². The lowest BCUT2D eigenvalue weighted by molar-refractivity contribution is -0.115. The molecule has 0 aliphatic rings. The maximum Gasteiger partial charge on any atom is 0.228 e. The zero-order chi connectivity index (χ0) is 27.2. The van der Waals surface area contributed by atoms with E-state index in [0.29, 0.717) is 28.4 Å². The number of aryl methyl sites for hydroxylation is 1. The monoisotopic (exact) mass is 530 g/mol. The molecule has 0 aliphatic heterocycles. The summed E-state index contributed by atoms with van der Waals surface area (Å²) in [5.74, 6) is 1.23. The van der Waals surface area contributed by atoms with Crippen LogP contribution in [0.1, 0.15) is 38.8 Å². The van der Waals surface area contributed by atoms with Crippen LogP contribution in [-0.4, -0.2) is 39.6 Å². The molecule has 4 aromatic rings. The molecule has 0 atom stereocenters. The summed E-state index contributed by atoms with van der Waals surface area (Å²) >= 11 is 7.04. The summed E-state index contributed by atoms with van der Waals surface area (Å²) < 4.78 is 0. The van der Waals surface area contributed by atoms with E-state index in [2.05, 4.69) is 58.5 Å². The van der Waals surface area contributed by atoms with Gasteiger partial charge in [-0.25, -0.2) is 0 Å². The van der Waals surface area contributed by atoms with E-state index in [1.54, 1.807) is 0 Å². The van der Waals surface area contributed by atoms with Crippen LogP contribution in [0, 0.1) is 18.8 Å². The number of hydrogen-bond acceptors (Lipinski definition) is 5. The number of rotatable bonds is 10. The molecule has 8 heteroatoms. The van der Waals surface area contributed by atoms with Crippen molar-refractivity contribution in [2.75, 3.05) is 23.3 Å². The highest BCUT2D eigenvalue weighted by atomic mass is 35.5. The molecule has 0 fully saturated rings. The van der Waals surface area contributed by atoms with E-state index in [1.807, 2.05) is 67.6 Å². The predicted octanol–water partition coefficient (Wildman–Crippen LogP) is 6.80. The molecular formula is C30H35ClN6O. The molecule has 0 unspecified atom stereocenters. The van der Waals surface area contributed by atoms with Gasteiger partial charge in [-0.3, -0.25) is 4.79 Å². The van der Waals surface area contributed by atoms with Gasteiger partial charge in [0.2, 0.25) is 11.7 Å². The van der Waals surface area contributed by atoms with E-state index in [0.717, 1.165) is 46.6 Å². The lowest BCUT2D eigenvalue weighted by Gasteiger charge is -2.31. The number of carbonyl (C=O) groups excluding carboxylic acids is 1. The Morgan fingerprint density at radius 3 is 2.24 bits per heavy atom. The molecular weight excluding hydrogens is 496 g/mol. The van der Waals surface area contributed by atoms with Crippen LogP contribution in [0.5, 0.6) is 0 Å². The topological polar surface area (TPSA) is 86.8 Å². The number of tetrazole rings is 1. The zero-order valence-corrected chi connectivity index (χ0v) is 23.4. The minimum Gasteiger partial charge on any atom is -0.368 e. The van der Waals surface area contributed by atoms with Crippen LogP contribution in [0.4, 0.5) is 11.4 Å². The predicted molar refractivity (Wildman–Crippen MR) is 155 cm³/mol. The van der Waals surface area contributed by atoms with Gasteiger partial charge in [0.1, 0.15) is 0 Å². The van der Waals surface area contributed by atoms with Crippen molar-refractivity contribution < 1.29 is 4.79 Å². The first-order valence-corrected chi connectivity index (χ1v) is 13.4. The first-order chi connectivity index (χ1) is 18.2. The molecule has 0 saturated carbocycles. The van der Waals surface area contributed by atoms with E-state index in [1.165, 1.54) is 0 Å². The highest BCUT2D eigenvalue weighted by Crippen LogP contribution is 2.41. The number of halogens is 1. The number of anilines is 2. The molecule has 0 bridgehead atoms. The van der Waals surface area contributed by atoms with Crippen molar-refractivity contribution in [2.24, 2.45) is 11.8 Å². The molecule has 7 nitrogen and oxygen atoms in total. The quantitative estimate of drug-likeness (QED) is 0.235. The van der Waals surface area contributed by atoms with Crippen LogP contribution in [0.2, 0.25) is 5.02 Å². The molecule has 1 heterocycles. The van der Waals surface area contributed by atoms with Crippen molar-refractivity contribution in [3.8, 4) is 22.5 Å². The van der Waals surface area contributed by atoms with Crippen LogP contribution in [-0.2, 0) is 11.2 Å². The maximum atomic E-state index is 13.3. The minimum absolute atomic E-state index is 0.0937. The largest absolute Gasteiger partial charge is 0.368 e. The Labute approximate surface area is 229 Å². The lowest BCUT2D eigenvalue weighted by Crippen LogP contribution is -2.32. The van der Waals surface area contributed by atoms with Gasteiger partial charge in [0.25, 0.3) is 0 Å². The van der Waals surface area contributed by atoms with Crippen LogP contribution in [0.3, 0.4) is 0 Å². The van der Waals surface area contributed by atoms with Gasteiger partial charge in [0.05, 0.1) is 22.8 Å². The number of hydrogen-bond donors (Lipinski definition) is 2. The highest BCUT2D eigenvalue weighted by molar-refractivity contribution is 6.34. The van der Waals surface area contributed by atoms with Crippen molar-refractivity contribution in [3.63, 3.8) is 0 Å². The number of carbonyl (C=O) groups is 1. The van der Waals surface area contributed by atoms with E-state index in [4.69, 9.17) is 11.6 Å². The Balaban J connectivity index is 1.79. The molecule has 1 aromatic heterocycles. The molecule has 0 saturated heterocycles. The molecule has 2 N–H and O–H groups in total. The lowest BCUT2D eigenvalue weighted by atomic mass is 9.97. The van der Waals surface area contributed by atoms with Crippen LogP contribution in [0.25, 0.3) is 22.5 Å². The number of nitrogens with one attached hydrogen (secondary N) is 2. The van der Waals surface area contributed by atoms with Gasteiger partial charge in [0, 0.05) is 18.7 Å². The van der Waals surface area contributed by atoms with Crippen molar-refractivity contribution in [1.29, 1.82) is 0 Å². The van der Waals surface area contributed by atoms with Gasteiger partial charge >= 0.3 is 0 Å². The smallest absolute Gasteiger partial charge is 0.228 e. The van der Waals surface area contributed by atoms with Crippen molar-refractivity contribution in [1.82, 2.24) is 20.6 Å². The number of H-pyrrole nitrogens is 1. The van der Waals surface area contributed by atoms with Crippen LogP contribution < -0.4 is 10.2 Å². The Hall–Kier alpha value is -3.71. The molecule has 0 radical (unpaired) electrons. The fraction of sp³-hybridized carbons (Fsp3) is 0.333. The van der Waals surface area contributed by atoms with Gasteiger partial charge in [-0.1, -0.05) is 93.4 Å². The number of aromatic nitrogens is 4. The molecule has 3 aromatic carbocycles. The summed E-state index contributed by atoms with van der Waals surface area (Å²) in [7, 11) is 0. The fourth-order valence-corrected chi connectivity index (χ4v) is 4.94. The van der Waals surface area contributed by atoms with Gasteiger partial charge in [-0.15, -0.1) is 10.2 Å². The number of benzene rings is 3. The second-order valence-corrected chi connectivity index (χ2v) is 10.9. The first kappa shape index (κ1) is 27.3. The van der Waals surface area contributed by atoms with E-state index < -0.39 is 0 Å². The summed E-state index contributed by atoms with van der Waals surface area (Å²) in [5, 5.41) is 18.4. The third-order valence-corrected chi connectivity index (χ3v) is 6.42. The number of nitrogens with zero attached hydrogens (tertiary/aromatic N) is 4. The minimum atomic E-state index is -0.0937. The van der Waals surface area contributed by atoms with Crippen LogP contribution >= 0.6 is 11.6 Å². The van der Waals surface area contributed by atoms with Crippen molar-refractivity contribution >= 4 is 28.9 Å². The SMILES string of the molecule is Cc1ccc(CC(=O)Nc2cc(-c3ccccc3-c3nn[nH]n3)cc(Cl)c2N(CC(C)C)CC(C)C)cc1. The van der Waals surface area contributed by atoms with Crippen LogP contribution in [0.15, 0.2) is 60.7 Å². The van der Waals surface area contributed by atoms with Crippen molar-refractivity contribution in [3.05, 3.63) is 76.8 Å². The van der Waals surface area contributed by atoms with E-state index in [-0.39, 0.29) is 12.3 Å². The standard InChI is InChI=1S/C30H35ClN6O/c1-19(2)17-37(18-20(3)4)29-26(31)15-23(24-8-6-7-9-25(24)30-33-35-36-34-30)16-27(29)32-28(38)14-22-12-10-21(5)11-13-22/h6-13,15-16,19-20H,14,17-18H2,1-5H3,(H,32,38)(H,33,34,35,36). The number of aromatic amines is 1. The van der Waals surface area contributed by atoms with Gasteiger partial charge in [-0.05, 0) is 52.8 Å². The Bertz CT molecular complexity index is 1360. The average Bonchev–Trinajstić information content (AvgIpc) is 3.39. The molecule has 198 valence electrons. The van der Waals surface area contributed by atoms with E-state index >= 15 is 0 Å². The summed E-state index contributed by atoms with van der Waals surface area (Å²) in [6, 6.07) is 19.8. The second-order valence-electron chi connectivity index (χ2n) is 10.5. The fourth-order valence-electron chi connectivity index (χ4n) is 4.60. The van der Waals surface area contributed by atoms with Gasteiger partial charge in [0.15, 0.2) is 0 Å². The zero-order valence-electron chi connectivity index (χ0n) is 22.6. The third kappa shape index (κ3) is 6.78. The summed E-state index contributed by atoms with van der Waals surface area (Å²) in [6.45, 7) is 12.4. The highest BCUT2D eigenvalue weighted by Gasteiger charge is 2.22. The molecule has 0 spiro atoms. The second kappa shape index (κ2) is 12.2. The molecule has 4 rings (SSSR count).